The molecule has 2 aromatic carbocycles. The number of alkyl halides is 3. The van der Waals surface area contributed by atoms with E-state index in [2.05, 4.69) is 5.32 Å². The van der Waals surface area contributed by atoms with E-state index in [1.54, 1.807) is 0 Å². The van der Waals surface area contributed by atoms with Gasteiger partial charge in [0.1, 0.15) is 0 Å². The van der Waals surface area contributed by atoms with Crippen LogP contribution in [0.2, 0.25) is 5.02 Å². The van der Waals surface area contributed by atoms with Crippen molar-refractivity contribution in [3.05, 3.63) is 63.4 Å². The van der Waals surface area contributed by atoms with E-state index < -0.39 is 29.6 Å². The summed E-state index contributed by atoms with van der Waals surface area (Å²) in [5.41, 5.74) is 2.83. The molecule has 3 rings (SSSR count). The molecule has 0 aliphatic carbocycles. The van der Waals surface area contributed by atoms with Gasteiger partial charge in [-0.1, -0.05) is 17.7 Å². The van der Waals surface area contributed by atoms with Gasteiger partial charge in [0.25, 0.3) is 0 Å². The number of nitrogens with one attached hydrogen (secondary N) is 1. The average molecular weight is 472 g/mol. The molecule has 0 spiro atoms. The lowest BCUT2D eigenvalue weighted by Gasteiger charge is -2.14. The van der Waals surface area contributed by atoms with Gasteiger partial charge in [0.2, 0.25) is 0 Å². The second-order valence-electron chi connectivity index (χ2n) is 6.23. The second-order valence-corrected chi connectivity index (χ2v) is 7.62. The normalized spacial score (nSPS) is 13.7. The third-order valence-electron chi connectivity index (χ3n) is 4.10. The predicted octanol–water partition coefficient (Wildman–Crippen LogP) is 5.37. The Balaban J connectivity index is 0.000000396. The SMILES string of the molecule is Fc1cc(CSc2c(Cl)ccc3c2CCNCC3)cc(F)c1F.O=C(O)C(F)(F)F. The highest BCUT2D eigenvalue weighted by Gasteiger charge is 2.38. The van der Waals surface area contributed by atoms with Crippen molar-refractivity contribution in [2.24, 2.45) is 0 Å². The van der Waals surface area contributed by atoms with Gasteiger partial charge in [-0.25, -0.2) is 18.0 Å². The molecule has 0 saturated carbocycles. The van der Waals surface area contributed by atoms with Crippen LogP contribution in [0, 0.1) is 17.5 Å². The highest BCUT2D eigenvalue weighted by molar-refractivity contribution is 7.98. The fourth-order valence-electron chi connectivity index (χ4n) is 2.71. The molecular weight excluding hydrogens is 456 g/mol. The van der Waals surface area contributed by atoms with Gasteiger partial charge >= 0.3 is 12.1 Å². The molecule has 30 heavy (non-hydrogen) atoms. The summed E-state index contributed by atoms with van der Waals surface area (Å²) in [6, 6.07) is 5.96. The zero-order valence-electron chi connectivity index (χ0n) is 15.3. The van der Waals surface area contributed by atoms with Crippen LogP contribution in [-0.4, -0.2) is 30.3 Å². The van der Waals surface area contributed by atoms with Crippen molar-refractivity contribution in [3.8, 4) is 0 Å². The molecular formula is C19H16ClF6NO2S. The fraction of sp³-hybridized carbons (Fsp3) is 0.316. The number of hydrogen-bond acceptors (Lipinski definition) is 3. The van der Waals surface area contributed by atoms with Gasteiger partial charge in [0, 0.05) is 10.6 Å². The Morgan fingerprint density at radius 1 is 1.10 bits per heavy atom. The minimum absolute atomic E-state index is 0.331. The molecule has 1 heterocycles. The van der Waals surface area contributed by atoms with Crippen molar-refractivity contribution in [2.45, 2.75) is 29.7 Å². The van der Waals surface area contributed by atoms with E-state index in [9.17, 15) is 26.3 Å². The number of carboxylic acids is 1. The maximum Gasteiger partial charge on any atom is 0.490 e. The van der Waals surface area contributed by atoms with Gasteiger partial charge in [-0.05, 0) is 60.8 Å². The second kappa shape index (κ2) is 10.4. The smallest absolute Gasteiger partial charge is 0.475 e. The molecule has 3 nitrogen and oxygen atoms in total. The molecule has 2 N–H and O–H groups in total. The number of thioether (sulfide) groups is 1. The Morgan fingerprint density at radius 2 is 1.67 bits per heavy atom. The average Bonchev–Trinajstić information content (AvgIpc) is 2.90. The monoisotopic (exact) mass is 471 g/mol. The summed E-state index contributed by atoms with van der Waals surface area (Å²) in [5, 5.41) is 11.1. The van der Waals surface area contributed by atoms with Gasteiger partial charge in [-0.3, -0.25) is 0 Å². The lowest BCUT2D eigenvalue weighted by Crippen LogP contribution is -2.21. The summed E-state index contributed by atoms with van der Waals surface area (Å²) in [4.78, 5) is 9.84. The van der Waals surface area contributed by atoms with Crippen molar-refractivity contribution in [3.63, 3.8) is 0 Å². The van der Waals surface area contributed by atoms with Gasteiger partial charge < -0.3 is 10.4 Å². The summed E-state index contributed by atoms with van der Waals surface area (Å²) in [7, 11) is 0. The van der Waals surface area contributed by atoms with E-state index in [0.717, 1.165) is 43.0 Å². The summed E-state index contributed by atoms with van der Waals surface area (Å²) in [5.74, 6) is -6.19. The van der Waals surface area contributed by atoms with E-state index in [1.807, 2.05) is 12.1 Å². The van der Waals surface area contributed by atoms with Crippen LogP contribution in [0.1, 0.15) is 16.7 Å². The Hall–Kier alpha value is -1.91. The fourth-order valence-corrected chi connectivity index (χ4v) is 4.14. The zero-order valence-corrected chi connectivity index (χ0v) is 16.8. The van der Waals surface area contributed by atoms with Crippen molar-refractivity contribution in [1.82, 2.24) is 5.32 Å². The first kappa shape index (κ1) is 24.4. The molecule has 164 valence electrons. The molecule has 0 fully saturated rings. The molecule has 0 bridgehead atoms. The topological polar surface area (TPSA) is 49.3 Å². The van der Waals surface area contributed by atoms with E-state index in [0.29, 0.717) is 16.3 Å². The molecule has 11 heteroatoms. The number of halogens is 7. The minimum Gasteiger partial charge on any atom is -0.475 e. The number of hydrogen-bond donors (Lipinski definition) is 2. The van der Waals surface area contributed by atoms with Crippen molar-refractivity contribution in [1.29, 1.82) is 0 Å². The molecule has 1 aliphatic rings. The van der Waals surface area contributed by atoms with Crippen molar-refractivity contribution >= 4 is 29.3 Å². The molecule has 0 aromatic heterocycles. The number of fused-ring (bicyclic) bond motifs is 1. The summed E-state index contributed by atoms with van der Waals surface area (Å²) >= 11 is 7.75. The first-order valence-corrected chi connectivity index (χ1v) is 9.94. The lowest BCUT2D eigenvalue weighted by atomic mass is 10.0. The lowest BCUT2D eigenvalue weighted by molar-refractivity contribution is -0.192. The number of rotatable bonds is 3. The number of carboxylic acid groups (broad SMARTS) is 1. The molecule has 1 aliphatic heterocycles. The number of aliphatic carboxylic acids is 1. The van der Waals surface area contributed by atoms with Gasteiger partial charge in [-0.2, -0.15) is 13.2 Å². The summed E-state index contributed by atoms with van der Waals surface area (Å²) < 4.78 is 71.4. The van der Waals surface area contributed by atoms with Gasteiger partial charge in [0.15, 0.2) is 17.5 Å². The van der Waals surface area contributed by atoms with Crippen LogP contribution in [0.4, 0.5) is 26.3 Å². The molecule has 0 atom stereocenters. The summed E-state index contributed by atoms with van der Waals surface area (Å²) in [6.07, 6.45) is -3.29. The summed E-state index contributed by atoms with van der Waals surface area (Å²) in [6.45, 7) is 1.80. The molecule has 0 radical (unpaired) electrons. The Bertz CT molecular complexity index is 900. The van der Waals surface area contributed by atoms with Crippen LogP contribution in [0.15, 0.2) is 29.2 Å². The third kappa shape index (κ3) is 6.55. The van der Waals surface area contributed by atoms with Crippen LogP contribution in [0.5, 0.6) is 0 Å². The van der Waals surface area contributed by atoms with E-state index in [-0.39, 0.29) is 0 Å². The standard InChI is InChI=1S/C17H15ClF3NS.C2HF3O2/c18-13-2-1-11-3-5-22-6-4-12(11)17(13)23-9-10-7-14(19)16(21)15(20)8-10;3-2(4,5)1(6)7/h1-2,7-8,22H,3-6,9H2;(H,6,7). The quantitative estimate of drug-likeness (QED) is 0.359. The highest BCUT2D eigenvalue weighted by atomic mass is 35.5. The van der Waals surface area contributed by atoms with Crippen LogP contribution < -0.4 is 5.32 Å². The van der Waals surface area contributed by atoms with E-state index in [1.165, 1.54) is 22.9 Å². The van der Waals surface area contributed by atoms with Crippen LogP contribution >= 0.6 is 23.4 Å². The Morgan fingerprint density at radius 3 is 2.23 bits per heavy atom. The number of benzene rings is 2. The van der Waals surface area contributed by atoms with Crippen molar-refractivity contribution in [2.75, 3.05) is 13.1 Å². The van der Waals surface area contributed by atoms with Gasteiger partial charge in [0.05, 0.1) is 5.02 Å². The maximum absolute atomic E-state index is 13.3. The predicted molar refractivity (Wildman–Crippen MR) is 101 cm³/mol. The highest BCUT2D eigenvalue weighted by Crippen LogP contribution is 2.36. The first-order chi connectivity index (χ1) is 14.0. The van der Waals surface area contributed by atoms with Crippen LogP contribution in [0.3, 0.4) is 0 Å². The molecule has 0 amide bonds. The minimum atomic E-state index is -5.08. The Kier molecular flexibility index (Phi) is 8.45. The third-order valence-corrected chi connectivity index (χ3v) is 5.76. The van der Waals surface area contributed by atoms with Crippen LogP contribution in [0.25, 0.3) is 0 Å². The zero-order chi connectivity index (χ0) is 22.5. The molecule has 2 aromatic rings. The maximum atomic E-state index is 13.3. The Labute approximate surface area is 177 Å². The molecule has 0 saturated heterocycles. The first-order valence-electron chi connectivity index (χ1n) is 8.58. The largest absolute Gasteiger partial charge is 0.490 e. The van der Waals surface area contributed by atoms with Gasteiger partial charge in [-0.15, -0.1) is 11.8 Å². The van der Waals surface area contributed by atoms with E-state index >= 15 is 0 Å². The van der Waals surface area contributed by atoms with E-state index in [4.69, 9.17) is 21.5 Å². The van der Waals surface area contributed by atoms with Crippen molar-refractivity contribution < 1.29 is 36.2 Å². The number of carbonyl (C=O) groups is 1. The molecule has 0 unspecified atom stereocenters. The van der Waals surface area contributed by atoms with Crippen LogP contribution in [-0.2, 0) is 23.4 Å².